The molecule has 0 radical (unpaired) electrons. The number of nitrogens with one attached hydrogen (secondary N) is 1. The Hall–Kier alpha value is -2.20. The molecule has 104 valence electrons. The molecule has 3 aromatic heterocycles. The molecular formula is C15H11N3OS2. The molecule has 0 saturated heterocycles. The number of carbonyl (C=O) groups is 1. The summed E-state index contributed by atoms with van der Waals surface area (Å²) in [6.07, 6.45) is 0. The van der Waals surface area contributed by atoms with Crippen LogP contribution in [0.25, 0.3) is 9.40 Å². The quantitative estimate of drug-likeness (QED) is 0.715. The van der Waals surface area contributed by atoms with Crippen molar-refractivity contribution in [2.75, 3.05) is 11.9 Å². The molecule has 0 spiro atoms. The Kier molecular flexibility index (Phi) is 3.97. The molecule has 0 aliphatic rings. The van der Waals surface area contributed by atoms with Gasteiger partial charge in [-0.2, -0.15) is 0 Å². The lowest BCUT2D eigenvalue weighted by Crippen LogP contribution is -2.11. The number of hydrogen-bond acceptors (Lipinski definition) is 5. The third-order valence-electron chi connectivity index (χ3n) is 2.67. The van der Waals surface area contributed by atoms with Crippen LogP contribution in [0.4, 0.5) is 5.82 Å². The average Bonchev–Trinajstić information content (AvgIpc) is 3.06. The first-order valence-electron chi connectivity index (χ1n) is 6.20. The molecule has 0 atom stereocenters. The highest BCUT2D eigenvalue weighted by atomic mass is 32.1. The van der Waals surface area contributed by atoms with E-state index in [1.165, 1.54) is 11.3 Å². The molecule has 3 heterocycles. The number of rotatable bonds is 2. The van der Waals surface area contributed by atoms with Crippen LogP contribution in [0.3, 0.4) is 0 Å². The normalized spacial score (nSPS) is 10.1. The second kappa shape index (κ2) is 6.06. The largest absolute Gasteiger partial charge is 0.320 e. The van der Waals surface area contributed by atoms with Crippen LogP contribution in [-0.2, 0) is 0 Å². The maximum absolute atomic E-state index is 12.2. The molecule has 0 fully saturated rings. The minimum Gasteiger partial charge on any atom is -0.320 e. The zero-order chi connectivity index (χ0) is 14.7. The number of amides is 1. The summed E-state index contributed by atoms with van der Waals surface area (Å²) in [4.78, 5) is 17.2. The number of fused-ring (bicyclic) bond motifs is 1. The molecule has 0 aliphatic carbocycles. The number of nitrogens with zero attached hydrogens (tertiary/aromatic N) is 1. The number of anilines is 1. The Balaban J connectivity index is 1.79. The average molecular weight is 313 g/mol. The Morgan fingerprint density at radius 1 is 1.33 bits per heavy atom. The third-order valence-corrected chi connectivity index (χ3v) is 4.76. The molecule has 4 nitrogen and oxygen atoms in total. The lowest BCUT2D eigenvalue weighted by molar-refractivity contribution is 0.103. The van der Waals surface area contributed by atoms with Gasteiger partial charge in [-0.25, -0.2) is 4.98 Å². The predicted molar refractivity (Wildman–Crippen MR) is 87.8 cm³/mol. The molecular weight excluding hydrogens is 302 g/mol. The fourth-order valence-electron chi connectivity index (χ4n) is 1.77. The molecule has 0 aliphatic heterocycles. The van der Waals surface area contributed by atoms with Crippen LogP contribution >= 0.6 is 22.7 Å². The van der Waals surface area contributed by atoms with Gasteiger partial charge in [-0.15, -0.1) is 22.7 Å². The van der Waals surface area contributed by atoms with Gasteiger partial charge in [0.25, 0.3) is 5.91 Å². The summed E-state index contributed by atoms with van der Waals surface area (Å²) in [5, 5.41) is 4.81. The topological polar surface area (TPSA) is 68.0 Å². The van der Waals surface area contributed by atoms with Crippen molar-refractivity contribution >= 4 is 43.8 Å². The second-order valence-electron chi connectivity index (χ2n) is 4.13. The molecule has 0 saturated carbocycles. The van der Waals surface area contributed by atoms with Crippen molar-refractivity contribution < 1.29 is 4.79 Å². The van der Waals surface area contributed by atoms with Gasteiger partial charge < -0.3 is 11.1 Å². The van der Waals surface area contributed by atoms with E-state index in [1.807, 2.05) is 17.5 Å². The summed E-state index contributed by atoms with van der Waals surface area (Å²) >= 11 is 3.10. The first-order chi connectivity index (χ1) is 10.3. The van der Waals surface area contributed by atoms with Gasteiger partial charge in [0.1, 0.15) is 11.5 Å². The van der Waals surface area contributed by atoms with E-state index in [9.17, 15) is 4.79 Å². The van der Waals surface area contributed by atoms with Crippen LogP contribution in [0, 0.1) is 11.8 Å². The monoisotopic (exact) mass is 313 g/mol. The molecule has 1 amide bonds. The summed E-state index contributed by atoms with van der Waals surface area (Å²) in [5.74, 6) is 5.91. The van der Waals surface area contributed by atoms with E-state index < -0.39 is 0 Å². The number of hydrogen-bond donors (Lipinski definition) is 2. The fourth-order valence-corrected chi connectivity index (χ4v) is 3.78. The zero-order valence-electron chi connectivity index (χ0n) is 10.9. The van der Waals surface area contributed by atoms with Gasteiger partial charge in [0.15, 0.2) is 0 Å². The Morgan fingerprint density at radius 3 is 3.05 bits per heavy atom. The van der Waals surface area contributed by atoms with Crippen LogP contribution in [0.2, 0.25) is 0 Å². The van der Waals surface area contributed by atoms with Crippen LogP contribution in [0.5, 0.6) is 0 Å². The first kappa shape index (κ1) is 13.8. The van der Waals surface area contributed by atoms with Gasteiger partial charge in [-0.3, -0.25) is 4.79 Å². The molecule has 0 bridgehead atoms. The van der Waals surface area contributed by atoms with Crippen LogP contribution in [-0.4, -0.2) is 17.4 Å². The van der Waals surface area contributed by atoms with E-state index in [2.05, 4.69) is 22.1 Å². The predicted octanol–water partition coefficient (Wildman–Crippen LogP) is 2.92. The van der Waals surface area contributed by atoms with Crippen molar-refractivity contribution in [2.24, 2.45) is 5.73 Å². The van der Waals surface area contributed by atoms with E-state index in [1.54, 1.807) is 29.5 Å². The van der Waals surface area contributed by atoms with Gasteiger partial charge >= 0.3 is 0 Å². The van der Waals surface area contributed by atoms with Gasteiger partial charge in [0, 0.05) is 9.40 Å². The van der Waals surface area contributed by atoms with E-state index in [-0.39, 0.29) is 12.5 Å². The smallest absolute Gasteiger partial charge is 0.266 e. The molecule has 3 N–H and O–H groups in total. The SMILES string of the molecule is NCC#Cc1cccc(NC(=O)c2cc3sccc3s2)n1. The summed E-state index contributed by atoms with van der Waals surface area (Å²) in [6.45, 7) is 0.282. The van der Waals surface area contributed by atoms with E-state index in [0.29, 0.717) is 16.4 Å². The number of thiophene rings is 2. The summed E-state index contributed by atoms with van der Waals surface area (Å²) in [5.41, 5.74) is 5.92. The van der Waals surface area contributed by atoms with Crippen LogP contribution in [0.15, 0.2) is 35.7 Å². The van der Waals surface area contributed by atoms with Gasteiger partial charge in [0.2, 0.25) is 0 Å². The lowest BCUT2D eigenvalue weighted by atomic mass is 10.3. The van der Waals surface area contributed by atoms with Crippen molar-refractivity contribution in [2.45, 2.75) is 0 Å². The van der Waals surface area contributed by atoms with Gasteiger partial charge in [-0.1, -0.05) is 12.0 Å². The van der Waals surface area contributed by atoms with E-state index >= 15 is 0 Å². The Labute approximate surface area is 129 Å². The zero-order valence-corrected chi connectivity index (χ0v) is 12.6. The third kappa shape index (κ3) is 3.11. The second-order valence-corrected chi connectivity index (χ2v) is 6.16. The summed E-state index contributed by atoms with van der Waals surface area (Å²) < 4.78 is 2.25. The minimum atomic E-state index is -0.153. The van der Waals surface area contributed by atoms with Gasteiger partial charge in [0.05, 0.1) is 11.4 Å². The number of nitrogens with two attached hydrogens (primary N) is 1. The first-order valence-corrected chi connectivity index (χ1v) is 7.90. The molecule has 0 aromatic carbocycles. The molecule has 0 unspecified atom stereocenters. The van der Waals surface area contributed by atoms with Crippen LogP contribution in [0.1, 0.15) is 15.4 Å². The highest BCUT2D eigenvalue weighted by Crippen LogP contribution is 2.30. The fraction of sp³-hybridized carbons (Fsp3) is 0.0667. The Bertz CT molecular complexity index is 826. The number of carbonyl (C=O) groups excluding carboxylic acids is 1. The van der Waals surface area contributed by atoms with E-state index in [4.69, 9.17) is 5.73 Å². The summed E-state index contributed by atoms with van der Waals surface area (Å²) in [7, 11) is 0. The molecule has 21 heavy (non-hydrogen) atoms. The van der Waals surface area contributed by atoms with Gasteiger partial charge in [-0.05, 0) is 35.6 Å². The van der Waals surface area contributed by atoms with Crippen LogP contribution < -0.4 is 11.1 Å². The van der Waals surface area contributed by atoms with Crippen molar-refractivity contribution in [1.29, 1.82) is 0 Å². The lowest BCUT2D eigenvalue weighted by Gasteiger charge is -2.02. The Morgan fingerprint density at radius 2 is 2.24 bits per heavy atom. The minimum absolute atomic E-state index is 0.153. The maximum atomic E-state index is 12.2. The summed E-state index contributed by atoms with van der Waals surface area (Å²) in [6, 6.07) is 9.23. The van der Waals surface area contributed by atoms with Crippen molar-refractivity contribution in [1.82, 2.24) is 4.98 Å². The highest BCUT2D eigenvalue weighted by Gasteiger charge is 2.11. The van der Waals surface area contributed by atoms with Crippen molar-refractivity contribution in [3.05, 3.63) is 46.3 Å². The maximum Gasteiger partial charge on any atom is 0.266 e. The van der Waals surface area contributed by atoms with Crippen molar-refractivity contribution in [3.63, 3.8) is 0 Å². The number of pyridine rings is 1. The van der Waals surface area contributed by atoms with Crippen molar-refractivity contribution in [3.8, 4) is 11.8 Å². The van der Waals surface area contributed by atoms with E-state index in [0.717, 1.165) is 9.40 Å². The highest BCUT2D eigenvalue weighted by molar-refractivity contribution is 7.27. The molecule has 6 heteroatoms. The number of aromatic nitrogens is 1. The molecule has 3 rings (SSSR count). The molecule has 3 aromatic rings. The standard InChI is InChI=1S/C15H11N3OS2/c16-7-2-4-10-3-1-5-14(17-10)18-15(19)13-9-12-11(21-13)6-8-20-12/h1,3,5-6,8-9H,7,16H2,(H,17,18,19).